The van der Waals surface area contributed by atoms with Gasteiger partial charge in [0, 0.05) is 11.2 Å². The maximum atomic E-state index is 6.09. The van der Waals surface area contributed by atoms with Crippen molar-refractivity contribution in [1.82, 2.24) is 9.88 Å². The van der Waals surface area contributed by atoms with Crippen LogP contribution in [-0.4, -0.2) is 30.0 Å². The minimum Gasteiger partial charge on any atom is -0.306 e. The van der Waals surface area contributed by atoms with Gasteiger partial charge in [0.25, 0.3) is 0 Å². The van der Waals surface area contributed by atoms with E-state index in [0.29, 0.717) is 5.92 Å². The zero-order valence-electron chi connectivity index (χ0n) is 14.3. The highest BCUT2D eigenvalue weighted by Gasteiger charge is 2.22. The summed E-state index contributed by atoms with van der Waals surface area (Å²) in [5.74, 6) is 0.556. The second kappa shape index (κ2) is 7.96. The number of hydrogen-bond donors (Lipinski definition) is 0. The van der Waals surface area contributed by atoms with Crippen LogP contribution in [0.15, 0.2) is 49.2 Å². The number of hydrogen-bond acceptors (Lipinski definition) is 2. The molecule has 1 aliphatic heterocycles. The maximum Gasteiger partial charge on any atom is 0.0690 e. The van der Waals surface area contributed by atoms with E-state index in [-0.39, 0.29) is 0 Å². The Labute approximate surface area is 150 Å². The summed E-state index contributed by atoms with van der Waals surface area (Å²) in [6.45, 7) is 6.70. The van der Waals surface area contributed by atoms with Crippen molar-refractivity contribution in [3.63, 3.8) is 0 Å². The Balaban J connectivity index is 1.71. The minimum absolute atomic E-state index is 0.556. The van der Waals surface area contributed by atoms with Crippen LogP contribution in [0.25, 0.3) is 5.57 Å². The van der Waals surface area contributed by atoms with E-state index in [0.717, 1.165) is 36.6 Å². The van der Waals surface area contributed by atoms with Crippen molar-refractivity contribution >= 4 is 17.2 Å². The monoisotopic (exact) mass is 340 g/mol. The van der Waals surface area contributed by atoms with Crippen LogP contribution in [0.5, 0.6) is 0 Å². The van der Waals surface area contributed by atoms with Gasteiger partial charge in [-0.1, -0.05) is 36.4 Å². The van der Waals surface area contributed by atoms with E-state index in [2.05, 4.69) is 35.6 Å². The fourth-order valence-corrected chi connectivity index (χ4v) is 3.66. The van der Waals surface area contributed by atoms with Crippen molar-refractivity contribution in [3.05, 3.63) is 71.0 Å². The number of allylic oxidation sites excluding steroid dienone is 1. The molecule has 1 saturated heterocycles. The lowest BCUT2D eigenvalue weighted by Crippen LogP contribution is -2.30. The van der Waals surface area contributed by atoms with Crippen LogP contribution in [0.1, 0.15) is 29.7 Å². The SMILES string of the molecule is C=C(c1ncccc1CCc1cccc(Cl)c1)C1CCN(C)CC1. The average molecular weight is 341 g/mol. The molecule has 3 heteroatoms. The van der Waals surface area contributed by atoms with Gasteiger partial charge < -0.3 is 4.90 Å². The van der Waals surface area contributed by atoms with E-state index in [4.69, 9.17) is 11.6 Å². The molecule has 126 valence electrons. The second-order valence-corrected chi connectivity index (χ2v) is 7.18. The molecule has 0 atom stereocenters. The third kappa shape index (κ3) is 4.25. The molecule has 1 fully saturated rings. The Bertz CT molecular complexity index is 702. The predicted octanol–water partition coefficient (Wildman–Crippen LogP) is 4.88. The van der Waals surface area contributed by atoms with Gasteiger partial charge in [0.2, 0.25) is 0 Å². The molecule has 2 aromatic rings. The molecule has 0 aliphatic carbocycles. The highest BCUT2D eigenvalue weighted by Crippen LogP contribution is 2.31. The molecule has 0 amide bonds. The summed E-state index contributed by atoms with van der Waals surface area (Å²) in [5.41, 5.74) is 4.88. The van der Waals surface area contributed by atoms with E-state index in [1.165, 1.54) is 29.5 Å². The summed E-state index contributed by atoms with van der Waals surface area (Å²) >= 11 is 6.09. The molecule has 2 nitrogen and oxygen atoms in total. The molecule has 1 aromatic carbocycles. The minimum atomic E-state index is 0.556. The van der Waals surface area contributed by atoms with Crippen LogP contribution in [-0.2, 0) is 12.8 Å². The normalized spacial score (nSPS) is 16.2. The van der Waals surface area contributed by atoms with E-state index in [1.54, 1.807) is 0 Å². The zero-order valence-corrected chi connectivity index (χ0v) is 15.1. The first-order valence-corrected chi connectivity index (χ1v) is 9.07. The zero-order chi connectivity index (χ0) is 16.9. The summed E-state index contributed by atoms with van der Waals surface area (Å²) in [4.78, 5) is 7.05. The van der Waals surface area contributed by atoms with Gasteiger partial charge >= 0.3 is 0 Å². The van der Waals surface area contributed by atoms with Crippen LogP contribution < -0.4 is 0 Å². The topological polar surface area (TPSA) is 16.1 Å². The molecular formula is C21H25ClN2. The number of benzene rings is 1. The first kappa shape index (κ1) is 17.2. The van der Waals surface area contributed by atoms with E-state index >= 15 is 0 Å². The van der Waals surface area contributed by atoms with Crippen LogP contribution in [0.2, 0.25) is 5.02 Å². The Morgan fingerprint density at radius 1 is 1.21 bits per heavy atom. The van der Waals surface area contributed by atoms with Crippen LogP contribution >= 0.6 is 11.6 Å². The van der Waals surface area contributed by atoms with Crippen LogP contribution in [0, 0.1) is 5.92 Å². The Kier molecular flexibility index (Phi) is 5.70. The highest BCUT2D eigenvalue weighted by atomic mass is 35.5. The highest BCUT2D eigenvalue weighted by molar-refractivity contribution is 6.30. The van der Waals surface area contributed by atoms with Gasteiger partial charge in [-0.25, -0.2) is 0 Å². The number of halogens is 1. The Morgan fingerprint density at radius 3 is 2.75 bits per heavy atom. The Hall–Kier alpha value is -1.64. The maximum absolute atomic E-state index is 6.09. The fraction of sp³-hybridized carbons (Fsp3) is 0.381. The smallest absolute Gasteiger partial charge is 0.0690 e. The number of pyridine rings is 1. The van der Waals surface area contributed by atoms with Crippen molar-refractivity contribution in [1.29, 1.82) is 0 Å². The molecular weight excluding hydrogens is 316 g/mol. The number of aromatic nitrogens is 1. The van der Waals surface area contributed by atoms with Gasteiger partial charge in [-0.3, -0.25) is 4.98 Å². The molecule has 0 saturated carbocycles. The predicted molar refractivity (Wildman–Crippen MR) is 102 cm³/mol. The van der Waals surface area contributed by atoms with Crippen molar-refractivity contribution in [2.45, 2.75) is 25.7 Å². The molecule has 0 bridgehead atoms. The largest absolute Gasteiger partial charge is 0.306 e. The van der Waals surface area contributed by atoms with Gasteiger partial charge in [0.05, 0.1) is 5.69 Å². The van der Waals surface area contributed by atoms with E-state index in [1.807, 2.05) is 30.5 Å². The third-order valence-corrected chi connectivity index (χ3v) is 5.21. The number of rotatable bonds is 5. The van der Waals surface area contributed by atoms with Crippen molar-refractivity contribution in [3.8, 4) is 0 Å². The van der Waals surface area contributed by atoms with Crippen LogP contribution in [0.3, 0.4) is 0 Å². The van der Waals surface area contributed by atoms with Crippen molar-refractivity contribution in [2.24, 2.45) is 5.92 Å². The van der Waals surface area contributed by atoms with E-state index in [9.17, 15) is 0 Å². The summed E-state index contributed by atoms with van der Waals surface area (Å²) in [7, 11) is 2.19. The summed E-state index contributed by atoms with van der Waals surface area (Å²) in [5, 5.41) is 0.801. The molecule has 0 N–H and O–H groups in total. The van der Waals surface area contributed by atoms with Crippen molar-refractivity contribution in [2.75, 3.05) is 20.1 Å². The standard InChI is InChI=1S/C21H25ClN2/c1-16(18-10-13-24(2)14-11-18)21-19(6-4-12-23-21)9-8-17-5-3-7-20(22)15-17/h3-7,12,15,18H,1,8-11,13-14H2,2H3. The first-order valence-electron chi connectivity index (χ1n) is 8.69. The van der Waals surface area contributed by atoms with Crippen molar-refractivity contribution < 1.29 is 0 Å². The molecule has 2 heterocycles. The third-order valence-electron chi connectivity index (χ3n) is 4.98. The number of piperidine rings is 1. The molecule has 0 radical (unpaired) electrons. The molecule has 0 unspecified atom stereocenters. The lowest BCUT2D eigenvalue weighted by atomic mass is 9.86. The second-order valence-electron chi connectivity index (χ2n) is 6.74. The first-order chi connectivity index (χ1) is 11.6. The summed E-state index contributed by atoms with van der Waals surface area (Å²) in [6.07, 6.45) is 6.19. The lowest BCUT2D eigenvalue weighted by Gasteiger charge is -2.30. The van der Waals surface area contributed by atoms with Gasteiger partial charge in [-0.2, -0.15) is 0 Å². The number of aryl methyl sites for hydroxylation is 2. The quantitative estimate of drug-likeness (QED) is 0.771. The van der Waals surface area contributed by atoms with Gasteiger partial charge in [0.15, 0.2) is 0 Å². The fourth-order valence-electron chi connectivity index (χ4n) is 3.45. The lowest BCUT2D eigenvalue weighted by molar-refractivity contribution is 0.248. The Morgan fingerprint density at radius 2 is 2.00 bits per heavy atom. The average Bonchev–Trinajstić information content (AvgIpc) is 2.60. The molecule has 1 aliphatic rings. The van der Waals surface area contributed by atoms with Crippen LogP contribution in [0.4, 0.5) is 0 Å². The van der Waals surface area contributed by atoms with Gasteiger partial charge in [-0.05, 0) is 86.6 Å². The van der Waals surface area contributed by atoms with Gasteiger partial charge in [-0.15, -0.1) is 0 Å². The summed E-state index contributed by atoms with van der Waals surface area (Å²) < 4.78 is 0. The number of nitrogens with zero attached hydrogens (tertiary/aromatic N) is 2. The van der Waals surface area contributed by atoms with E-state index < -0.39 is 0 Å². The molecule has 3 rings (SSSR count). The molecule has 1 aromatic heterocycles. The number of likely N-dealkylation sites (tertiary alicyclic amines) is 1. The summed E-state index contributed by atoms with van der Waals surface area (Å²) in [6, 6.07) is 12.3. The molecule has 24 heavy (non-hydrogen) atoms. The molecule has 0 spiro atoms. The van der Waals surface area contributed by atoms with Gasteiger partial charge in [0.1, 0.15) is 0 Å².